The number of amides is 1. The summed E-state index contributed by atoms with van der Waals surface area (Å²) in [6, 6.07) is 0.368. The van der Waals surface area contributed by atoms with E-state index >= 15 is 0 Å². The third-order valence-corrected chi connectivity index (χ3v) is 9.18. The largest absolute Gasteiger partial charge is 0.373 e. The van der Waals surface area contributed by atoms with Crippen molar-refractivity contribution in [2.24, 2.45) is 22.8 Å². The van der Waals surface area contributed by atoms with Crippen molar-refractivity contribution < 1.29 is 4.79 Å². The Bertz CT molecular complexity index is 713. The quantitative estimate of drug-likeness (QED) is 0.351. The molecule has 0 saturated carbocycles. The summed E-state index contributed by atoms with van der Waals surface area (Å²) >= 11 is 6.63. The minimum absolute atomic E-state index is 0.00509. The van der Waals surface area contributed by atoms with Gasteiger partial charge in [-0.1, -0.05) is 24.9 Å². The molecule has 5 atom stereocenters. The zero-order valence-electron chi connectivity index (χ0n) is 20.9. The van der Waals surface area contributed by atoms with Gasteiger partial charge in [0.05, 0.1) is 18.1 Å². The van der Waals surface area contributed by atoms with Gasteiger partial charge in [0.1, 0.15) is 0 Å². The van der Waals surface area contributed by atoms with Gasteiger partial charge in [0.2, 0.25) is 5.91 Å². The molecule has 0 spiro atoms. The van der Waals surface area contributed by atoms with Crippen molar-refractivity contribution in [1.82, 2.24) is 25.8 Å². The average Bonchev–Trinajstić information content (AvgIpc) is 2.96. The molecule has 0 radical (unpaired) electrons. The van der Waals surface area contributed by atoms with Crippen LogP contribution in [0.1, 0.15) is 58.3 Å². The van der Waals surface area contributed by atoms with Gasteiger partial charge >= 0.3 is 0 Å². The summed E-state index contributed by atoms with van der Waals surface area (Å²) in [4.78, 5) is 18.8. The van der Waals surface area contributed by atoms with Crippen LogP contribution in [0.15, 0.2) is 11.2 Å². The molecule has 3 fully saturated rings. The van der Waals surface area contributed by atoms with Gasteiger partial charge in [-0.15, -0.1) is 0 Å². The van der Waals surface area contributed by atoms with Gasteiger partial charge in [-0.05, 0) is 56.9 Å². The van der Waals surface area contributed by atoms with E-state index in [0.717, 1.165) is 95.8 Å². The molecule has 4 heterocycles. The summed E-state index contributed by atoms with van der Waals surface area (Å²) < 4.78 is 0. The number of hydrogen-bond acceptors (Lipinski definition) is 7. The van der Waals surface area contributed by atoms with Crippen LogP contribution in [0.4, 0.5) is 0 Å². The maximum atomic E-state index is 13.9. The van der Waals surface area contributed by atoms with Gasteiger partial charge in [-0.2, -0.15) is 0 Å². The number of nitrogens with two attached hydrogens (primary N) is 2. The average molecular weight is 496 g/mol. The van der Waals surface area contributed by atoms with Crippen molar-refractivity contribution >= 4 is 17.5 Å². The highest BCUT2D eigenvalue weighted by Crippen LogP contribution is 2.45. The number of carbonyl (C=O) groups is 1. The molecule has 0 aromatic rings. The number of hydrogen-bond donors (Lipinski definition) is 5. The van der Waals surface area contributed by atoms with Crippen molar-refractivity contribution in [3.05, 3.63) is 11.2 Å². The number of allylic oxidation sites excluding steroid dienone is 1. The molecule has 3 saturated heterocycles. The molecular formula is C25H46ClN7O. The van der Waals surface area contributed by atoms with E-state index in [-0.39, 0.29) is 23.4 Å². The first-order valence-corrected chi connectivity index (χ1v) is 13.9. The normalized spacial score (nSPS) is 34.6. The highest BCUT2D eigenvalue weighted by Gasteiger charge is 2.44. The zero-order valence-corrected chi connectivity index (χ0v) is 21.7. The molecule has 5 unspecified atom stereocenters. The fourth-order valence-corrected chi connectivity index (χ4v) is 7.15. The van der Waals surface area contributed by atoms with Crippen LogP contribution in [0, 0.1) is 11.3 Å². The van der Waals surface area contributed by atoms with Gasteiger partial charge in [0.15, 0.2) is 0 Å². The van der Waals surface area contributed by atoms with E-state index in [9.17, 15) is 4.79 Å². The Kier molecular flexibility index (Phi) is 9.15. The maximum absolute atomic E-state index is 13.9. The van der Waals surface area contributed by atoms with Gasteiger partial charge in [-0.3, -0.25) is 9.69 Å². The fourth-order valence-electron chi connectivity index (χ4n) is 6.89. The van der Waals surface area contributed by atoms with Crippen LogP contribution in [-0.4, -0.2) is 85.8 Å². The molecular weight excluding hydrogens is 450 g/mol. The minimum atomic E-state index is -0.720. The van der Waals surface area contributed by atoms with Crippen molar-refractivity contribution in [3.63, 3.8) is 0 Å². The molecule has 4 aliphatic rings. The number of fused-ring (bicyclic) bond motifs is 3. The molecule has 34 heavy (non-hydrogen) atoms. The third-order valence-electron chi connectivity index (χ3n) is 8.90. The number of halogens is 1. The van der Waals surface area contributed by atoms with E-state index in [2.05, 4.69) is 38.9 Å². The monoisotopic (exact) mass is 495 g/mol. The molecule has 194 valence electrons. The van der Waals surface area contributed by atoms with Crippen LogP contribution in [0.2, 0.25) is 0 Å². The minimum Gasteiger partial charge on any atom is -0.373 e. The Morgan fingerprint density at radius 2 is 1.97 bits per heavy atom. The lowest BCUT2D eigenvalue weighted by molar-refractivity contribution is -0.129. The SMILES string of the molecule is CCC12CCCC(Cl)=CN(CCC1)C(C(C(=O)NC1CNCCC1N1CCNCC1)C(N)N)C2. The van der Waals surface area contributed by atoms with E-state index in [1.165, 1.54) is 6.42 Å². The van der Waals surface area contributed by atoms with E-state index in [1.54, 1.807) is 0 Å². The Balaban J connectivity index is 1.56. The van der Waals surface area contributed by atoms with Gasteiger partial charge < -0.3 is 32.3 Å². The van der Waals surface area contributed by atoms with Crippen LogP contribution >= 0.6 is 11.6 Å². The van der Waals surface area contributed by atoms with E-state index in [4.69, 9.17) is 23.1 Å². The number of carbonyl (C=O) groups excluding carboxylic acids is 1. The molecule has 9 heteroatoms. The molecule has 8 nitrogen and oxygen atoms in total. The molecule has 2 bridgehead atoms. The van der Waals surface area contributed by atoms with Crippen molar-refractivity contribution in [3.8, 4) is 0 Å². The Morgan fingerprint density at radius 3 is 2.71 bits per heavy atom. The molecule has 4 aliphatic heterocycles. The van der Waals surface area contributed by atoms with Crippen LogP contribution in [0.5, 0.6) is 0 Å². The summed E-state index contributed by atoms with van der Waals surface area (Å²) in [5, 5.41) is 11.2. The first-order valence-electron chi connectivity index (χ1n) is 13.5. The van der Waals surface area contributed by atoms with Gasteiger partial charge in [-0.25, -0.2) is 0 Å². The van der Waals surface area contributed by atoms with Crippen LogP contribution in [0.3, 0.4) is 0 Å². The predicted molar refractivity (Wildman–Crippen MR) is 138 cm³/mol. The Hall–Kier alpha value is -0.900. The van der Waals surface area contributed by atoms with Crippen molar-refractivity contribution in [2.45, 2.75) is 82.6 Å². The summed E-state index contributed by atoms with van der Waals surface area (Å²) in [7, 11) is 0. The molecule has 4 rings (SSSR count). The lowest BCUT2D eigenvalue weighted by atomic mass is 9.70. The van der Waals surface area contributed by atoms with Crippen LogP contribution < -0.4 is 27.4 Å². The second kappa shape index (κ2) is 11.9. The maximum Gasteiger partial charge on any atom is 0.228 e. The van der Waals surface area contributed by atoms with E-state index in [1.807, 2.05) is 0 Å². The first-order chi connectivity index (χ1) is 16.4. The lowest BCUT2D eigenvalue weighted by Crippen LogP contribution is -2.65. The van der Waals surface area contributed by atoms with Crippen molar-refractivity contribution in [2.75, 3.05) is 45.8 Å². The molecule has 1 amide bonds. The zero-order chi connectivity index (χ0) is 24.1. The molecule has 0 aliphatic carbocycles. The number of piperazine rings is 1. The second-order valence-corrected chi connectivity index (χ2v) is 11.4. The van der Waals surface area contributed by atoms with E-state index < -0.39 is 12.1 Å². The highest BCUT2D eigenvalue weighted by molar-refractivity contribution is 6.29. The van der Waals surface area contributed by atoms with Crippen LogP contribution in [-0.2, 0) is 4.79 Å². The second-order valence-electron chi connectivity index (χ2n) is 11.0. The smallest absolute Gasteiger partial charge is 0.228 e. The number of nitrogens with one attached hydrogen (secondary N) is 3. The topological polar surface area (TPSA) is 112 Å². The predicted octanol–water partition coefficient (Wildman–Crippen LogP) is 1.11. The molecule has 0 aromatic carbocycles. The van der Waals surface area contributed by atoms with Gasteiger partial charge in [0, 0.05) is 62.6 Å². The number of piperidine rings is 1. The number of nitrogens with zero attached hydrogens (tertiary/aromatic N) is 2. The highest BCUT2D eigenvalue weighted by atomic mass is 35.5. The first kappa shape index (κ1) is 26.2. The van der Waals surface area contributed by atoms with Gasteiger partial charge in [0.25, 0.3) is 0 Å². The Labute approximate surface area is 210 Å². The summed E-state index contributed by atoms with van der Waals surface area (Å²) in [5.74, 6) is -0.483. The molecule has 0 aromatic heterocycles. The fraction of sp³-hybridized carbons (Fsp3) is 0.880. The van der Waals surface area contributed by atoms with Crippen molar-refractivity contribution in [1.29, 1.82) is 0 Å². The third kappa shape index (κ3) is 6.08. The Morgan fingerprint density at radius 1 is 1.21 bits per heavy atom. The molecule has 7 N–H and O–H groups in total. The van der Waals surface area contributed by atoms with Crippen LogP contribution in [0.25, 0.3) is 0 Å². The van der Waals surface area contributed by atoms with E-state index in [0.29, 0.717) is 6.04 Å². The number of rotatable bonds is 6. The standard InChI is InChI=1S/C25H46ClN7O/c1-2-25-7-3-5-18(26)17-33(12-4-8-25)21(15-25)22(23(27)28)24(34)31-19-16-30-9-6-20(19)32-13-10-29-11-14-32/h17,19-23,29-30H,2-16,27-28H2,1H3,(H,31,34). The lowest BCUT2D eigenvalue weighted by Gasteiger charge is -2.44. The summed E-state index contributed by atoms with van der Waals surface area (Å²) in [6.07, 6.45) is 9.89. The summed E-state index contributed by atoms with van der Waals surface area (Å²) in [5.41, 5.74) is 13.0. The summed E-state index contributed by atoms with van der Waals surface area (Å²) in [6.45, 7) is 9.02.